The summed E-state index contributed by atoms with van der Waals surface area (Å²) in [7, 11) is 0. The lowest BCUT2D eigenvalue weighted by Crippen LogP contribution is -2.40. The van der Waals surface area contributed by atoms with Gasteiger partial charge in [-0.25, -0.2) is 0 Å². The van der Waals surface area contributed by atoms with Crippen LogP contribution in [0.1, 0.15) is 27.7 Å². The first-order valence-corrected chi connectivity index (χ1v) is 5.47. The van der Waals surface area contributed by atoms with Gasteiger partial charge in [-0.05, 0) is 27.7 Å². The van der Waals surface area contributed by atoms with Gasteiger partial charge in [-0.3, -0.25) is 9.59 Å². The van der Waals surface area contributed by atoms with Gasteiger partial charge in [-0.15, -0.1) is 0 Å². The molecule has 0 saturated carbocycles. The van der Waals surface area contributed by atoms with E-state index in [1.54, 1.807) is 13.8 Å². The number of hydrogen-bond acceptors (Lipinski definition) is 4. The van der Waals surface area contributed by atoms with Crippen LogP contribution in [0, 0.1) is 11.8 Å². The van der Waals surface area contributed by atoms with Gasteiger partial charge >= 0.3 is 11.9 Å². The Kier molecular flexibility index (Phi) is 3.78. The zero-order chi connectivity index (χ0) is 13.4. The lowest BCUT2D eigenvalue weighted by Gasteiger charge is -2.22. The van der Waals surface area contributed by atoms with Gasteiger partial charge in [0.05, 0.1) is 11.8 Å². The van der Waals surface area contributed by atoms with Crippen LogP contribution in [0.3, 0.4) is 0 Å². The molecule has 0 aliphatic carbocycles. The van der Waals surface area contributed by atoms with Gasteiger partial charge in [0.15, 0.2) is 5.79 Å². The highest BCUT2D eigenvalue weighted by Gasteiger charge is 2.49. The molecule has 0 bridgehead atoms. The summed E-state index contributed by atoms with van der Waals surface area (Å²) < 4.78 is 11.0. The lowest BCUT2D eigenvalue weighted by atomic mass is 9.92. The van der Waals surface area contributed by atoms with Crippen molar-refractivity contribution in [1.82, 2.24) is 0 Å². The van der Waals surface area contributed by atoms with Crippen molar-refractivity contribution in [3.8, 4) is 0 Å². The molecule has 1 aliphatic rings. The van der Waals surface area contributed by atoms with E-state index in [-0.39, 0.29) is 0 Å². The molecule has 4 atom stereocenters. The highest BCUT2D eigenvalue weighted by atomic mass is 16.8. The highest BCUT2D eigenvalue weighted by molar-refractivity contribution is 5.72. The average molecular weight is 246 g/mol. The molecular formula is C11H18O6. The Morgan fingerprint density at radius 2 is 1.29 bits per heavy atom. The van der Waals surface area contributed by atoms with E-state index < -0.39 is 41.8 Å². The molecule has 6 heteroatoms. The Morgan fingerprint density at radius 3 is 1.53 bits per heavy atom. The molecular weight excluding hydrogens is 228 g/mol. The number of ether oxygens (including phenoxy) is 2. The van der Waals surface area contributed by atoms with Crippen molar-refractivity contribution in [3.05, 3.63) is 0 Å². The molecule has 17 heavy (non-hydrogen) atoms. The quantitative estimate of drug-likeness (QED) is 0.767. The Hall–Kier alpha value is -1.14. The summed E-state index contributed by atoms with van der Waals surface area (Å²) in [4.78, 5) is 21.9. The molecule has 0 spiro atoms. The second-order valence-electron chi connectivity index (χ2n) is 4.82. The number of rotatable bonds is 4. The van der Waals surface area contributed by atoms with E-state index in [0.717, 1.165) is 0 Å². The van der Waals surface area contributed by atoms with Crippen LogP contribution in [0.4, 0.5) is 0 Å². The summed E-state index contributed by atoms with van der Waals surface area (Å²) in [6.07, 6.45) is -1.51. The van der Waals surface area contributed by atoms with E-state index in [2.05, 4.69) is 0 Å². The first-order chi connectivity index (χ1) is 7.65. The standard InChI is InChI=1S/C11H18O6/c1-5(9(12)13)7-8(6(2)10(14)15)17-11(3,4)16-7/h5-8H,1-4H3,(H,12,13)(H,14,15)/t5?,6?,7-,8-/m1/s1. The molecule has 0 aromatic rings. The van der Waals surface area contributed by atoms with Gasteiger partial charge in [0, 0.05) is 0 Å². The zero-order valence-electron chi connectivity index (χ0n) is 10.3. The third-order valence-corrected chi connectivity index (χ3v) is 2.93. The monoisotopic (exact) mass is 246 g/mol. The second kappa shape index (κ2) is 4.62. The van der Waals surface area contributed by atoms with E-state index in [1.165, 1.54) is 13.8 Å². The van der Waals surface area contributed by atoms with Crippen LogP contribution in [0.25, 0.3) is 0 Å². The third kappa shape index (κ3) is 2.95. The Morgan fingerprint density at radius 1 is 1.00 bits per heavy atom. The number of aliphatic carboxylic acids is 2. The molecule has 1 rings (SSSR count). The minimum absolute atomic E-state index is 0.756. The Bertz CT molecular complexity index is 294. The normalized spacial score (nSPS) is 30.8. The van der Waals surface area contributed by atoms with Crippen LogP contribution >= 0.6 is 0 Å². The van der Waals surface area contributed by atoms with Crippen molar-refractivity contribution >= 4 is 11.9 Å². The molecule has 2 N–H and O–H groups in total. The van der Waals surface area contributed by atoms with Crippen LogP contribution in [0.15, 0.2) is 0 Å². The molecule has 6 nitrogen and oxygen atoms in total. The molecule has 0 aromatic carbocycles. The smallest absolute Gasteiger partial charge is 0.308 e. The van der Waals surface area contributed by atoms with E-state index in [0.29, 0.717) is 0 Å². The predicted octanol–water partition coefficient (Wildman–Crippen LogP) is 0.948. The van der Waals surface area contributed by atoms with Crippen LogP contribution in [0.2, 0.25) is 0 Å². The van der Waals surface area contributed by atoms with E-state index in [1.807, 2.05) is 0 Å². The second-order valence-corrected chi connectivity index (χ2v) is 4.82. The summed E-state index contributed by atoms with van der Waals surface area (Å²) in [5.74, 6) is -4.65. The van der Waals surface area contributed by atoms with Gasteiger partial charge in [-0.1, -0.05) is 0 Å². The van der Waals surface area contributed by atoms with E-state index in [9.17, 15) is 9.59 Å². The molecule has 0 amide bonds. The maximum Gasteiger partial charge on any atom is 0.308 e. The van der Waals surface area contributed by atoms with Gasteiger partial charge in [0.25, 0.3) is 0 Å². The predicted molar refractivity (Wildman–Crippen MR) is 57.4 cm³/mol. The van der Waals surface area contributed by atoms with Crippen molar-refractivity contribution in [2.24, 2.45) is 11.8 Å². The van der Waals surface area contributed by atoms with Crippen molar-refractivity contribution in [2.75, 3.05) is 0 Å². The SMILES string of the molecule is CC(C(=O)O)[C@H]1OC(C)(C)O[C@@H]1C(C)C(=O)O. The minimum Gasteiger partial charge on any atom is -0.481 e. The van der Waals surface area contributed by atoms with Crippen molar-refractivity contribution in [1.29, 1.82) is 0 Å². The Balaban J connectivity index is 2.92. The summed E-state index contributed by atoms with van der Waals surface area (Å²) in [5, 5.41) is 17.9. The summed E-state index contributed by atoms with van der Waals surface area (Å²) in [6, 6.07) is 0. The third-order valence-electron chi connectivity index (χ3n) is 2.93. The molecule has 0 aromatic heterocycles. The van der Waals surface area contributed by atoms with Crippen LogP contribution in [-0.4, -0.2) is 40.1 Å². The summed E-state index contributed by atoms with van der Waals surface area (Å²) >= 11 is 0. The molecule has 1 fully saturated rings. The zero-order valence-corrected chi connectivity index (χ0v) is 10.3. The maximum atomic E-state index is 11.0. The fourth-order valence-electron chi connectivity index (χ4n) is 1.87. The topological polar surface area (TPSA) is 93.1 Å². The maximum absolute atomic E-state index is 11.0. The van der Waals surface area contributed by atoms with Crippen LogP contribution in [0.5, 0.6) is 0 Å². The fourth-order valence-corrected chi connectivity index (χ4v) is 1.87. The van der Waals surface area contributed by atoms with Gasteiger partial charge in [0.1, 0.15) is 12.2 Å². The van der Waals surface area contributed by atoms with Gasteiger partial charge in [-0.2, -0.15) is 0 Å². The van der Waals surface area contributed by atoms with E-state index in [4.69, 9.17) is 19.7 Å². The first kappa shape index (κ1) is 13.9. The summed E-state index contributed by atoms with van der Waals surface area (Å²) in [6.45, 7) is 6.25. The molecule has 1 heterocycles. The van der Waals surface area contributed by atoms with Crippen molar-refractivity contribution in [2.45, 2.75) is 45.7 Å². The van der Waals surface area contributed by atoms with E-state index >= 15 is 0 Å². The minimum atomic E-state index is -1.03. The summed E-state index contributed by atoms with van der Waals surface area (Å²) in [5.41, 5.74) is 0. The first-order valence-electron chi connectivity index (χ1n) is 5.47. The van der Waals surface area contributed by atoms with Crippen LogP contribution in [-0.2, 0) is 19.1 Å². The number of carbonyl (C=O) groups is 2. The average Bonchev–Trinajstić information content (AvgIpc) is 2.51. The molecule has 1 saturated heterocycles. The van der Waals surface area contributed by atoms with Crippen molar-refractivity contribution in [3.63, 3.8) is 0 Å². The van der Waals surface area contributed by atoms with Crippen LogP contribution < -0.4 is 0 Å². The largest absolute Gasteiger partial charge is 0.481 e. The molecule has 1 aliphatic heterocycles. The molecule has 98 valence electrons. The molecule has 2 unspecified atom stereocenters. The van der Waals surface area contributed by atoms with Gasteiger partial charge in [0.2, 0.25) is 0 Å². The highest BCUT2D eigenvalue weighted by Crippen LogP contribution is 2.35. The Labute approximate surface area is 99.5 Å². The number of carboxylic acid groups (broad SMARTS) is 2. The van der Waals surface area contributed by atoms with Gasteiger partial charge < -0.3 is 19.7 Å². The number of hydrogen-bond donors (Lipinski definition) is 2. The van der Waals surface area contributed by atoms with Crippen molar-refractivity contribution < 1.29 is 29.3 Å². The molecule has 0 radical (unpaired) electrons. The number of carboxylic acids is 2. The fraction of sp³-hybridized carbons (Fsp3) is 0.818. The lowest BCUT2D eigenvalue weighted by molar-refractivity contribution is -0.162.